The third-order valence-electron chi connectivity index (χ3n) is 3.00. The van der Waals surface area contributed by atoms with Gasteiger partial charge in [0.05, 0.1) is 17.2 Å². The van der Waals surface area contributed by atoms with E-state index in [0.717, 1.165) is 15.5 Å². The van der Waals surface area contributed by atoms with Crippen molar-refractivity contribution in [3.05, 3.63) is 57.2 Å². The van der Waals surface area contributed by atoms with Crippen LogP contribution in [0.4, 0.5) is 0 Å². The fraction of sp³-hybridized carbons (Fsp3) is 0.286. The molecule has 0 saturated heterocycles. The van der Waals surface area contributed by atoms with Gasteiger partial charge >= 0.3 is 0 Å². The van der Waals surface area contributed by atoms with Crippen molar-refractivity contribution in [2.75, 3.05) is 6.61 Å². The van der Waals surface area contributed by atoms with Gasteiger partial charge in [-0.05, 0) is 18.6 Å². The van der Waals surface area contributed by atoms with Gasteiger partial charge in [0.15, 0.2) is 0 Å². The second kappa shape index (κ2) is 5.85. The number of nitrogens with one attached hydrogen (secondary N) is 1. The Morgan fingerprint density at radius 2 is 2.06 bits per heavy atom. The molecule has 0 aliphatic rings. The number of thiophene rings is 1. The highest BCUT2D eigenvalue weighted by atomic mass is 35.5. The lowest BCUT2D eigenvalue weighted by molar-refractivity contribution is 0.174. The SMILES string of the molecule is CC(CO)(NCc1cc(Cl)cs1)c1ccccc1. The van der Waals surface area contributed by atoms with Crippen LogP contribution in [-0.4, -0.2) is 11.7 Å². The molecule has 1 aromatic carbocycles. The summed E-state index contributed by atoms with van der Waals surface area (Å²) < 4.78 is 0. The highest BCUT2D eigenvalue weighted by molar-refractivity contribution is 7.10. The number of aliphatic hydroxyl groups is 1. The molecule has 0 aliphatic heterocycles. The first kappa shape index (κ1) is 13.6. The summed E-state index contributed by atoms with van der Waals surface area (Å²) >= 11 is 7.51. The van der Waals surface area contributed by atoms with Crippen LogP contribution < -0.4 is 5.32 Å². The number of rotatable bonds is 5. The normalized spacial score (nSPS) is 14.4. The monoisotopic (exact) mass is 281 g/mol. The van der Waals surface area contributed by atoms with E-state index in [-0.39, 0.29) is 6.61 Å². The molecule has 96 valence electrons. The molecule has 0 radical (unpaired) electrons. The van der Waals surface area contributed by atoms with Crippen molar-refractivity contribution in [2.24, 2.45) is 0 Å². The highest BCUT2D eigenvalue weighted by Gasteiger charge is 2.24. The van der Waals surface area contributed by atoms with Crippen molar-refractivity contribution >= 4 is 22.9 Å². The first-order valence-electron chi connectivity index (χ1n) is 5.78. The van der Waals surface area contributed by atoms with Crippen molar-refractivity contribution < 1.29 is 5.11 Å². The van der Waals surface area contributed by atoms with Crippen molar-refractivity contribution in [1.29, 1.82) is 0 Å². The predicted octanol–water partition coefficient (Wildman–Crippen LogP) is 3.40. The summed E-state index contributed by atoms with van der Waals surface area (Å²) in [5.74, 6) is 0. The molecule has 0 saturated carbocycles. The maximum absolute atomic E-state index is 9.64. The van der Waals surface area contributed by atoms with Crippen molar-refractivity contribution in [3.63, 3.8) is 0 Å². The Hall–Kier alpha value is -0.870. The maximum atomic E-state index is 9.64. The second-order valence-corrected chi connectivity index (χ2v) is 5.87. The van der Waals surface area contributed by atoms with E-state index in [4.69, 9.17) is 11.6 Å². The lowest BCUT2D eigenvalue weighted by Gasteiger charge is -2.29. The first-order valence-corrected chi connectivity index (χ1v) is 7.04. The van der Waals surface area contributed by atoms with Gasteiger partial charge in [-0.15, -0.1) is 11.3 Å². The van der Waals surface area contributed by atoms with Gasteiger partial charge in [-0.25, -0.2) is 0 Å². The molecule has 0 fully saturated rings. The Labute approximate surface area is 116 Å². The Morgan fingerprint density at radius 1 is 1.33 bits per heavy atom. The minimum atomic E-state index is -0.433. The smallest absolute Gasteiger partial charge is 0.0652 e. The average molecular weight is 282 g/mol. The number of hydrogen-bond acceptors (Lipinski definition) is 3. The third kappa shape index (κ3) is 3.12. The second-order valence-electron chi connectivity index (χ2n) is 4.44. The van der Waals surface area contributed by atoms with Crippen molar-refractivity contribution in [3.8, 4) is 0 Å². The molecule has 2 aromatic rings. The Balaban J connectivity index is 2.09. The predicted molar refractivity (Wildman–Crippen MR) is 77.0 cm³/mol. The van der Waals surface area contributed by atoms with Crippen molar-refractivity contribution in [1.82, 2.24) is 5.32 Å². The van der Waals surface area contributed by atoms with Crippen LogP contribution in [0.3, 0.4) is 0 Å². The maximum Gasteiger partial charge on any atom is 0.0652 e. The molecule has 1 aromatic heterocycles. The number of halogens is 1. The summed E-state index contributed by atoms with van der Waals surface area (Å²) in [6.07, 6.45) is 0. The van der Waals surface area contributed by atoms with Crippen LogP contribution in [0, 0.1) is 0 Å². The molecule has 0 bridgehead atoms. The van der Waals surface area contributed by atoms with E-state index in [2.05, 4.69) is 5.32 Å². The van der Waals surface area contributed by atoms with Crippen LogP contribution in [0.15, 0.2) is 41.8 Å². The summed E-state index contributed by atoms with van der Waals surface area (Å²) in [5.41, 5.74) is 0.646. The molecule has 1 heterocycles. The molecule has 2 N–H and O–H groups in total. The summed E-state index contributed by atoms with van der Waals surface area (Å²) in [4.78, 5) is 1.16. The minimum absolute atomic E-state index is 0.0517. The van der Waals surface area contributed by atoms with E-state index in [9.17, 15) is 5.11 Å². The fourth-order valence-electron chi connectivity index (χ4n) is 1.78. The Morgan fingerprint density at radius 3 is 2.61 bits per heavy atom. The molecule has 0 spiro atoms. The summed E-state index contributed by atoms with van der Waals surface area (Å²) in [5, 5.41) is 15.7. The van der Waals surface area contributed by atoms with Crippen LogP contribution in [0.1, 0.15) is 17.4 Å². The standard InChI is InChI=1S/C14H16ClNOS/c1-14(10-17,11-5-3-2-4-6-11)16-8-13-7-12(15)9-18-13/h2-7,9,16-17H,8,10H2,1H3. The molecule has 1 unspecified atom stereocenters. The van der Waals surface area contributed by atoms with Gasteiger partial charge in [-0.1, -0.05) is 41.9 Å². The summed E-state index contributed by atoms with van der Waals surface area (Å²) in [6.45, 7) is 2.75. The van der Waals surface area contributed by atoms with Gasteiger partial charge in [0.25, 0.3) is 0 Å². The number of hydrogen-bond donors (Lipinski definition) is 2. The lowest BCUT2D eigenvalue weighted by Crippen LogP contribution is -2.42. The largest absolute Gasteiger partial charge is 0.394 e. The van der Waals surface area contributed by atoms with Crippen LogP contribution >= 0.6 is 22.9 Å². The Bertz CT molecular complexity index is 500. The summed E-state index contributed by atoms with van der Waals surface area (Å²) in [7, 11) is 0. The minimum Gasteiger partial charge on any atom is -0.394 e. The van der Waals surface area contributed by atoms with Crippen LogP contribution in [0.2, 0.25) is 5.02 Å². The van der Waals surface area contributed by atoms with Gasteiger partial charge in [0.1, 0.15) is 0 Å². The average Bonchev–Trinajstić information content (AvgIpc) is 2.83. The third-order valence-corrected chi connectivity index (χ3v) is 4.29. The van der Waals surface area contributed by atoms with E-state index >= 15 is 0 Å². The van der Waals surface area contributed by atoms with E-state index in [1.165, 1.54) is 0 Å². The van der Waals surface area contributed by atoms with Crippen LogP contribution in [0.5, 0.6) is 0 Å². The molecular weight excluding hydrogens is 266 g/mol. The van der Waals surface area contributed by atoms with Gasteiger partial charge in [-0.3, -0.25) is 0 Å². The van der Waals surface area contributed by atoms with E-state index in [0.29, 0.717) is 6.54 Å². The summed E-state index contributed by atoms with van der Waals surface area (Å²) in [6, 6.07) is 11.9. The molecule has 4 heteroatoms. The molecule has 2 rings (SSSR count). The van der Waals surface area contributed by atoms with E-state index in [1.54, 1.807) is 11.3 Å². The molecule has 0 amide bonds. The zero-order valence-corrected chi connectivity index (χ0v) is 11.8. The highest BCUT2D eigenvalue weighted by Crippen LogP contribution is 2.23. The Kier molecular flexibility index (Phi) is 4.40. The molecule has 2 nitrogen and oxygen atoms in total. The number of aliphatic hydroxyl groups excluding tert-OH is 1. The zero-order chi connectivity index (χ0) is 13.0. The van der Waals surface area contributed by atoms with Crippen LogP contribution in [0.25, 0.3) is 0 Å². The van der Waals surface area contributed by atoms with Crippen molar-refractivity contribution in [2.45, 2.75) is 19.0 Å². The zero-order valence-electron chi connectivity index (χ0n) is 10.2. The number of benzene rings is 1. The van der Waals surface area contributed by atoms with Gasteiger partial charge in [0.2, 0.25) is 0 Å². The quantitative estimate of drug-likeness (QED) is 0.880. The molecule has 18 heavy (non-hydrogen) atoms. The fourth-order valence-corrected chi connectivity index (χ4v) is 2.80. The molecule has 1 atom stereocenters. The lowest BCUT2D eigenvalue weighted by atomic mass is 9.93. The van der Waals surface area contributed by atoms with Gasteiger partial charge in [0, 0.05) is 16.8 Å². The van der Waals surface area contributed by atoms with E-state index in [1.807, 2.05) is 48.7 Å². The molecule has 0 aliphatic carbocycles. The van der Waals surface area contributed by atoms with Crippen LogP contribution in [-0.2, 0) is 12.1 Å². The first-order chi connectivity index (χ1) is 8.64. The van der Waals surface area contributed by atoms with Gasteiger partial charge in [-0.2, -0.15) is 0 Å². The van der Waals surface area contributed by atoms with Gasteiger partial charge < -0.3 is 10.4 Å². The molecular formula is C14H16ClNOS. The topological polar surface area (TPSA) is 32.3 Å². The van der Waals surface area contributed by atoms with E-state index < -0.39 is 5.54 Å².